The minimum absolute atomic E-state index is 0.710. The molecular formula is C15H23N5O. The van der Waals surface area contributed by atoms with Crippen LogP contribution < -0.4 is 9.80 Å². The number of carbonyl (C=O) groups excluding carboxylic acids is 1. The molecule has 3 rings (SSSR count). The minimum Gasteiger partial charge on any atom is -0.353 e. The average Bonchev–Trinajstić information content (AvgIpc) is 2.55. The first kappa shape index (κ1) is 14.1. The van der Waals surface area contributed by atoms with Crippen molar-refractivity contribution in [2.75, 3.05) is 49.1 Å². The van der Waals surface area contributed by atoms with Crippen LogP contribution in [0.1, 0.15) is 19.8 Å². The van der Waals surface area contributed by atoms with E-state index in [9.17, 15) is 4.79 Å². The molecule has 0 radical (unpaired) electrons. The Bertz CT molecular complexity index is 487. The Hall–Kier alpha value is -1.85. The van der Waals surface area contributed by atoms with E-state index in [2.05, 4.69) is 21.7 Å². The zero-order valence-corrected chi connectivity index (χ0v) is 12.6. The van der Waals surface area contributed by atoms with Gasteiger partial charge in [0.25, 0.3) is 0 Å². The van der Waals surface area contributed by atoms with Gasteiger partial charge in [-0.15, -0.1) is 0 Å². The fourth-order valence-electron chi connectivity index (χ4n) is 3.10. The van der Waals surface area contributed by atoms with E-state index < -0.39 is 0 Å². The quantitative estimate of drug-likeness (QED) is 0.777. The molecule has 1 unspecified atom stereocenters. The van der Waals surface area contributed by atoms with Gasteiger partial charge in [0.15, 0.2) is 0 Å². The summed E-state index contributed by atoms with van der Waals surface area (Å²) in [4.78, 5) is 26.3. The monoisotopic (exact) mass is 289 g/mol. The molecule has 0 spiro atoms. The van der Waals surface area contributed by atoms with Gasteiger partial charge in [-0.2, -0.15) is 4.98 Å². The fraction of sp³-hybridized carbons (Fsp3) is 0.667. The van der Waals surface area contributed by atoms with Gasteiger partial charge in [-0.1, -0.05) is 6.92 Å². The largest absolute Gasteiger partial charge is 0.353 e. The summed E-state index contributed by atoms with van der Waals surface area (Å²) in [6, 6.07) is 1.97. The van der Waals surface area contributed by atoms with Gasteiger partial charge in [0.1, 0.15) is 5.82 Å². The van der Waals surface area contributed by atoms with Crippen molar-refractivity contribution in [1.29, 1.82) is 0 Å². The number of hydrogen-bond acceptors (Lipinski definition) is 5. The Morgan fingerprint density at radius 1 is 1.19 bits per heavy atom. The van der Waals surface area contributed by atoms with E-state index in [1.165, 1.54) is 12.8 Å². The molecule has 2 aliphatic heterocycles. The number of carbonyl (C=O) groups is 1. The molecule has 6 nitrogen and oxygen atoms in total. The van der Waals surface area contributed by atoms with Crippen LogP contribution in [0.4, 0.5) is 11.8 Å². The maximum Gasteiger partial charge on any atom is 0.227 e. The summed E-state index contributed by atoms with van der Waals surface area (Å²) in [7, 11) is 0. The van der Waals surface area contributed by atoms with Gasteiger partial charge >= 0.3 is 0 Å². The Balaban J connectivity index is 1.70. The van der Waals surface area contributed by atoms with Gasteiger partial charge in [0.2, 0.25) is 12.4 Å². The van der Waals surface area contributed by atoms with Crippen molar-refractivity contribution in [2.24, 2.45) is 5.92 Å². The Morgan fingerprint density at radius 3 is 2.71 bits per heavy atom. The highest BCUT2D eigenvalue weighted by Gasteiger charge is 2.21. The van der Waals surface area contributed by atoms with Gasteiger partial charge in [0.05, 0.1) is 0 Å². The Kier molecular flexibility index (Phi) is 4.22. The molecule has 2 aliphatic rings. The predicted octanol–water partition coefficient (Wildman–Crippen LogP) is 0.991. The first-order valence-electron chi connectivity index (χ1n) is 7.78. The van der Waals surface area contributed by atoms with Crippen molar-refractivity contribution < 1.29 is 4.79 Å². The van der Waals surface area contributed by atoms with Gasteiger partial charge in [0, 0.05) is 45.5 Å². The summed E-state index contributed by atoms with van der Waals surface area (Å²) in [5, 5.41) is 0. The number of rotatable bonds is 3. The first-order chi connectivity index (χ1) is 10.3. The van der Waals surface area contributed by atoms with Crippen molar-refractivity contribution in [3.63, 3.8) is 0 Å². The average molecular weight is 289 g/mol. The number of nitrogens with zero attached hydrogens (tertiary/aromatic N) is 5. The predicted molar refractivity (Wildman–Crippen MR) is 82.5 cm³/mol. The van der Waals surface area contributed by atoms with E-state index in [1.807, 2.05) is 17.2 Å². The summed E-state index contributed by atoms with van der Waals surface area (Å²) in [6.45, 7) is 7.59. The minimum atomic E-state index is 0.710. The second-order valence-electron chi connectivity index (χ2n) is 6.04. The number of hydrogen-bond donors (Lipinski definition) is 0. The highest BCUT2D eigenvalue weighted by atomic mass is 16.1. The fourth-order valence-corrected chi connectivity index (χ4v) is 3.10. The van der Waals surface area contributed by atoms with Crippen LogP contribution in [0.15, 0.2) is 12.3 Å². The third-order valence-electron chi connectivity index (χ3n) is 4.36. The van der Waals surface area contributed by atoms with Crippen LogP contribution >= 0.6 is 0 Å². The standard InChI is InChI=1S/C15H23N5O/c1-13-3-2-6-20(11-13)15-16-5-4-14(17-15)19-9-7-18(12-21)8-10-19/h4-5,12-13H,2-3,6-11H2,1H3. The maximum absolute atomic E-state index is 10.8. The molecule has 6 heteroatoms. The van der Waals surface area contributed by atoms with Gasteiger partial charge in [-0.3, -0.25) is 4.79 Å². The van der Waals surface area contributed by atoms with Gasteiger partial charge in [-0.25, -0.2) is 4.98 Å². The molecule has 1 aromatic rings. The number of amides is 1. The van der Waals surface area contributed by atoms with E-state index in [1.54, 1.807) is 0 Å². The number of piperazine rings is 1. The summed E-state index contributed by atoms with van der Waals surface area (Å²) in [5.41, 5.74) is 0. The molecule has 2 fully saturated rings. The van der Waals surface area contributed by atoms with Crippen LogP contribution in [0.2, 0.25) is 0 Å². The van der Waals surface area contributed by atoms with Crippen molar-refractivity contribution in [2.45, 2.75) is 19.8 Å². The lowest BCUT2D eigenvalue weighted by atomic mass is 10.0. The Morgan fingerprint density at radius 2 is 2.00 bits per heavy atom. The van der Waals surface area contributed by atoms with Gasteiger partial charge in [-0.05, 0) is 24.8 Å². The number of aromatic nitrogens is 2. The lowest BCUT2D eigenvalue weighted by molar-refractivity contribution is -0.118. The molecule has 0 aliphatic carbocycles. The third kappa shape index (κ3) is 3.25. The van der Waals surface area contributed by atoms with Crippen LogP contribution in [0.3, 0.4) is 0 Å². The highest BCUT2D eigenvalue weighted by molar-refractivity contribution is 5.49. The second-order valence-corrected chi connectivity index (χ2v) is 6.04. The smallest absolute Gasteiger partial charge is 0.227 e. The molecule has 0 saturated carbocycles. The molecule has 1 atom stereocenters. The van der Waals surface area contributed by atoms with Crippen LogP contribution in [0.5, 0.6) is 0 Å². The molecule has 0 N–H and O–H groups in total. The summed E-state index contributed by atoms with van der Waals surface area (Å²) < 4.78 is 0. The summed E-state index contributed by atoms with van der Waals surface area (Å²) in [6.07, 6.45) is 5.29. The zero-order chi connectivity index (χ0) is 14.7. The topological polar surface area (TPSA) is 52.6 Å². The third-order valence-corrected chi connectivity index (χ3v) is 4.36. The highest BCUT2D eigenvalue weighted by Crippen LogP contribution is 2.22. The van der Waals surface area contributed by atoms with Crippen LogP contribution in [0, 0.1) is 5.92 Å². The molecule has 0 aromatic carbocycles. The van der Waals surface area contributed by atoms with E-state index in [4.69, 9.17) is 4.98 Å². The molecule has 21 heavy (non-hydrogen) atoms. The van der Waals surface area contributed by atoms with Crippen LogP contribution in [0.25, 0.3) is 0 Å². The molecule has 1 aromatic heterocycles. The number of anilines is 2. The number of piperidine rings is 1. The van der Waals surface area contributed by atoms with Crippen molar-refractivity contribution in [3.05, 3.63) is 12.3 Å². The van der Waals surface area contributed by atoms with Crippen molar-refractivity contribution >= 4 is 18.2 Å². The first-order valence-corrected chi connectivity index (χ1v) is 7.78. The SMILES string of the molecule is CC1CCCN(c2nccc(N3CCN(C=O)CC3)n2)C1. The maximum atomic E-state index is 10.8. The Labute approximate surface area is 125 Å². The lowest BCUT2D eigenvalue weighted by Crippen LogP contribution is -2.46. The van der Waals surface area contributed by atoms with Crippen molar-refractivity contribution in [1.82, 2.24) is 14.9 Å². The zero-order valence-electron chi connectivity index (χ0n) is 12.6. The van der Waals surface area contributed by atoms with Crippen molar-refractivity contribution in [3.8, 4) is 0 Å². The lowest BCUT2D eigenvalue weighted by Gasteiger charge is -2.34. The molecule has 2 saturated heterocycles. The molecule has 1 amide bonds. The van der Waals surface area contributed by atoms with E-state index in [0.717, 1.165) is 57.4 Å². The van der Waals surface area contributed by atoms with Crippen LogP contribution in [-0.4, -0.2) is 60.5 Å². The summed E-state index contributed by atoms with van der Waals surface area (Å²) >= 11 is 0. The van der Waals surface area contributed by atoms with E-state index in [-0.39, 0.29) is 0 Å². The summed E-state index contributed by atoms with van der Waals surface area (Å²) in [5.74, 6) is 2.53. The molecular weight excluding hydrogens is 266 g/mol. The molecule has 3 heterocycles. The second kappa shape index (κ2) is 6.28. The van der Waals surface area contributed by atoms with Gasteiger partial charge < -0.3 is 14.7 Å². The van der Waals surface area contributed by atoms with Crippen LogP contribution in [-0.2, 0) is 4.79 Å². The van der Waals surface area contributed by atoms with E-state index >= 15 is 0 Å². The molecule has 114 valence electrons. The normalized spacial score (nSPS) is 23.3. The van der Waals surface area contributed by atoms with E-state index in [0.29, 0.717) is 5.92 Å². The molecule has 0 bridgehead atoms.